The Morgan fingerprint density at radius 3 is 2.60 bits per heavy atom. The summed E-state index contributed by atoms with van der Waals surface area (Å²) in [6.45, 7) is 1.27. The van der Waals surface area contributed by atoms with Gasteiger partial charge in [-0.3, -0.25) is 0 Å². The molecular weight excluding hydrogens is 340 g/mol. The molecule has 0 amide bonds. The van der Waals surface area contributed by atoms with Gasteiger partial charge in [-0.1, -0.05) is 35.9 Å². The first-order chi connectivity index (χ1) is 12.2. The van der Waals surface area contributed by atoms with E-state index < -0.39 is 0 Å². The van der Waals surface area contributed by atoms with Crippen LogP contribution in [0.25, 0.3) is 22.5 Å². The molecular formula is C17H17ClN6O. The normalized spacial score (nSPS) is 15.1. The van der Waals surface area contributed by atoms with Crippen molar-refractivity contribution in [2.24, 2.45) is 11.1 Å². The van der Waals surface area contributed by atoms with Crippen LogP contribution in [0.1, 0.15) is 12.8 Å². The Balaban J connectivity index is 1.55. The van der Waals surface area contributed by atoms with Gasteiger partial charge in [-0.25, -0.2) is 4.98 Å². The molecule has 1 saturated carbocycles. The first kappa shape index (κ1) is 16.0. The minimum Gasteiger partial charge on any atom is -0.491 e. The minimum atomic E-state index is 0.145. The van der Waals surface area contributed by atoms with Crippen molar-refractivity contribution in [3.63, 3.8) is 0 Å². The smallest absolute Gasteiger partial charge is 0.204 e. The van der Waals surface area contributed by atoms with Crippen molar-refractivity contribution in [2.45, 2.75) is 12.8 Å². The second kappa shape index (κ2) is 6.42. The summed E-state index contributed by atoms with van der Waals surface area (Å²) in [4.78, 5) is 4.24. The van der Waals surface area contributed by atoms with Crippen LogP contribution in [0.4, 0.5) is 0 Å². The lowest BCUT2D eigenvalue weighted by Gasteiger charge is -2.14. The molecule has 1 fully saturated rings. The fraction of sp³-hybridized carbons (Fsp3) is 0.294. The molecule has 8 heteroatoms. The third-order valence-electron chi connectivity index (χ3n) is 4.55. The van der Waals surface area contributed by atoms with Crippen molar-refractivity contribution in [1.82, 2.24) is 25.6 Å². The van der Waals surface area contributed by atoms with E-state index in [0.717, 1.165) is 29.5 Å². The summed E-state index contributed by atoms with van der Waals surface area (Å²) in [6, 6.07) is 9.63. The molecule has 7 nitrogen and oxygen atoms in total. The number of nitrogens with two attached hydrogens (primary N) is 1. The number of pyridine rings is 1. The molecule has 2 aromatic heterocycles. The van der Waals surface area contributed by atoms with Gasteiger partial charge in [0.15, 0.2) is 0 Å². The molecule has 4 rings (SSSR count). The summed E-state index contributed by atoms with van der Waals surface area (Å²) in [5.41, 5.74) is 8.57. The zero-order valence-electron chi connectivity index (χ0n) is 13.4. The molecule has 1 aliphatic rings. The van der Waals surface area contributed by atoms with Crippen LogP contribution in [0.3, 0.4) is 0 Å². The largest absolute Gasteiger partial charge is 0.491 e. The first-order valence-electron chi connectivity index (χ1n) is 8.02. The van der Waals surface area contributed by atoms with Crippen molar-refractivity contribution in [3.8, 4) is 28.3 Å². The number of nitrogens with zero attached hydrogens (tertiary/aromatic N) is 4. The molecule has 0 unspecified atom stereocenters. The first-order valence-corrected chi connectivity index (χ1v) is 8.40. The molecule has 3 aromatic rings. The fourth-order valence-corrected chi connectivity index (χ4v) is 2.83. The molecule has 3 N–H and O–H groups in total. The van der Waals surface area contributed by atoms with Crippen molar-refractivity contribution < 1.29 is 4.74 Å². The zero-order chi connectivity index (χ0) is 17.3. The number of aromatic amines is 1. The Labute approximate surface area is 149 Å². The van der Waals surface area contributed by atoms with Gasteiger partial charge in [0, 0.05) is 23.1 Å². The molecule has 2 heterocycles. The molecule has 0 saturated heterocycles. The second-order valence-electron chi connectivity index (χ2n) is 6.31. The SMILES string of the molecule is NCC1(COc2cnc(Cl)c(-c3ccc(-c4nn[nH]n4)cc3)c2)CC1. The number of rotatable bonds is 6. The van der Waals surface area contributed by atoms with E-state index in [9.17, 15) is 0 Å². The second-order valence-corrected chi connectivity index (χ2v) is 6.67. The number of nitrogens with one attached hydrogen (secondary N) is 1. The average molecular weight is 357 g/mol. The van der Waals surface area contributed by atoms with Crippen LogP contribution >= 0.6 is 11.6 Å². The Hall–Kier alpha value is -2.51. The number of ether oxygens (including phenoxy) is 1. The maximum absolute atomic E-state index is 6.27. The summed E-state index contributed by atoms with van der Waals surface area (Å²) in [5, 5.41) is 14.4. The highest BCUT2D eigenvalue weighted by atomic mass is 35.5. The van der Waals surface area contributed by atoms with Crippen LogP contribution in [-0.4, -0.2) is 38.8 Å². The number of hydrogen-bond donors (Lipinski definition) is 2. The van der Waals surface area contributed by atoms with E-state index in [1.165, 1.54) is 0 Å². The number of aromatic nitrogens is 5. The molecule has 25 heavy (non-hydrogen) atoms. The molecule has 0 spiro atoms. The average Bonchev–Trinajstić information content (AvgIpc) is 3.23. The summed E-state index contributed by atoms with van der Waals surface area (Å²) in [7, 11) is 0. The van der Waals surface area contributed by atoms with Crippen LogP contribution < -0.4 is 10.5 Å². The van der Waals surface area contributed by atoms with E-state index in [-0.39, 0.29) is 5.41 Å². The van der Waals surface area contributed by atoms with Crippen LogP contribution in [0.2, 0.25) is 5.15 Å². The van der Waals surface area contributed by atoms with Gasteiger partial charge in [-0.2, -0.15) is 5.21 Å². The van der Waals surface area contributed by atoms with Gasteiger partial charge in [0.25, 0.3) is 0 Å². The van der Waals surface area contributed by atoms with Crippen molar-refractivity contribution in [2.75, 3.05) is 13.2 Å². The van der Waals surface area contributed by atoms with Gasteiger partial charge < -0.3 is 10.5 Å². The standard InChI is InChI=1S/C17H17ClN6O/c18-15-14(7-13(8-20-15)25-10-17(9-19)5-6-17)11-1-3-12(4-2-11)16-21-23-24-22-16/h1-4,7-8H,5-6,9-10,19H2,(H,21,22,23,24). The summed E-state index contributed by atoms with van der Waals surface area (Å²) < 4.78 is 5.89. The third-order valence-corrected chi connectivity index (χ3v) is 4.85. The van der Waals surface area contributed by atoms with Crippen molar-refractivity contribution >= 4 is 11.6 Å². The van der Waals surface area contributed by atoms with Gasteiger partial charge in [-0.05, 0) is 29.7 Å². The van der Waals surface area contributed by atoms with Crippen LogP contribution in [0.15, 0.2) is 36.5 Å². The summed E-state index contributed by atoms with van der Waals surface area (Å²) in [6.07, 6.45) is 3.88. The van der Waals surface area contributed by atoms with Gasteiger partial charge in [0.05, 0.1) is 12.8 Å². The zero-order valence-corrected chi connectivity index (χ0v) is 14.2. The van der Waals surface area contributed by atoms with E-state index in [1.54, 1.807) is 6.20 Å². The molecule has 0 radical (unpaired) electrons. The predicted molar refractivity (Wildman–Crippen MR) is 94.1 cm³/mol. The lowest BCUT2D eigenvalue weighted by molar-refractivity contribution is 0.238. The van der Waals surface area contributed by atoms with Crippen LogP contribution in [0, 0.1) is 5.41 Å². The maximum atomic E-state index is 6.27. The van der Waals surface area contributed by atoms with Crippen molar-refractivity contribution in [3.05, 3.63) is 41.7 Å². The number of benzene rings is 1. The number of halogens is 1. The van der Waals surface area contributed by atoms with E-state index in [0.29, 0.717) is 29.9 Å². The minimum absolute atomic E-state index is 0.145. The monoisotopic (exact) mass is 356 g/mol. The third kappa shape index (κ3) is 3.33. The maximum Gasteiger partial charge on any atom is 0.204 e. The number of tetrazole rings is 1. The molecule has 1 aromatic carbocycles. The van der Waals surface area contributed by atoms with E-state index in [1.807, 2.05) is 30.3 Å². The Morgan fingerprint density at radius 2 is 1.96 bits per heavy atom. The van der Waals surface area contributed by atoms with Gasteiger partial charge in [-0.15, -0.1) is 10.2 Å². The number of hydrogen-bond acceptors (Lipinski definition) is 6. The fourth-order valence-electron chi connectivity index (χ4n) is 2.61. The highest BCUT2D eigenvalue weighted by molar-refractivity contribution is 6.32. The van der Waals surface area contributed by atoms with Crippen LogP contribution in [0.5, 0.6) is 5.75 Å². The van der Waals surface area contributed by atoms with Crippen molar-refractivity contribution in [1.29, 1.82) is 0 Å². The van der Waals surface area contributed by atoms with Crippen LogP contribution in [-0.2, 0) is 0 Å². The molecule has 0 aliphatic heterocycles. The quantitative estimate of drug-likeness (QED) is 0.658. The predicted octanol–water partition coefficient (Wildman–Crippen LogP) is 2.70. The van der Waals surface area contributed by atoms with E-state index in [2.05, 4.69) is 25.6 Å². The van der Waals surface area contributed by atoms with E-state index >= 15 is 0 Å². The van der Waals surface area contributed by atoms with Gasteiger partial charge in [0.1, 0.15) is 10.9 Å². The Kier molecular flexibility index (Phi) is 4.10. The highest BCUT2D eigenvalue weighted by Crippen LogP contribution is 2.44. The van der Waals surface area contributed by atoms with E-state index in [4.69, 9.17) is 22.1 Å². The molecule has 0 atom stereocenters. The lowest BCUT2D eigenvalue weighted by atomic mass is 10.1. The molecule has 1 aliphatic carbocycles. The molecule has 128 valence electrons. The van der Waals surface area contributed by atoms with Gasteiger partial charge >= 0.3 is 0 Å². The number of H-pyrrole nitrogens is 1. The Bertz CT molecular complexity index is 861. The molecule has 0 bridgehead atoms. The lowest BCUT2D eigenvalue weighted by Crippen LogP contribution is -2.22. The Morgan fingerprint density at radius 1 is 1.20 bits per heavy atom. The highest BCUT2D eigenvalue weighted by Gasteiger charge is 2.42. The van der Waals surface area contributed by atoms with Gasteiger partial charge in [0.2, 0.25) is 5.82 Å². The topological polar surface area (TPSA) is 103 Å². The summed E-state index contributed by atoms with van der Waals surface area (Å²) in [5.74, 6) is 1.24. The summed E-state index contributed by atoms with van der Waals surface area (Å²) >= 11 is 6.27.